The lowest BCUT2D eigenvalue weighted by Gasteiger charge is -2.18. The van der Waals surface area contributed by atoms with Gasteiger partial charge in [0, 0.05) is 17.3 Å². The van der Waals surface area contributed by atoms with E-state index in [0.29, 0.717) is 11.6 Å². The Labute approximate surface area is 145 Å². The molecule has 1 aromatic carbocycles. The van der Waals surface area contributed by atoms with Crippen molar-refractivity contribution in [2.75, 3.05) is 18.4 Å². The highest BCUT2D eigenvalue weighted by Gasteiger charge is 2.28. The van der Waals surface area contributed by atoms with E-state index in [9.17, 15) is 22.8 Å². The fourth-order valence-corrected chi connectivity index (χ4v) is 1.88. The van der Waals surface area contributed by atoms with E-state index in [1.54, 1.807) is 13.0 Å². The Bertz CT molecular complexity index is 616. The molecule has 0 saturated heterocycles. The molecule has 1 rings (SSSR count). The Hall–Kier alpha value is -2.25. The van der Waals surface area contributed by atoms with Crippen LogP contribution in [0.5, 0.6) is 0 Å². The van der Waals surface area contributed by atoms with Gasteiger partial charge >= 0.3 is 6.18 Å². The van der Waals surface area contributed by atoms with Crippen molar-refractivity contribution in [1.82, 2.24) is 10.6 Å². The number of aryl methyl sites for hydroxylation is 1. The Kier molecular flexibility index (Phi) is 7.26. The normalized spacial score (nSPS) is 12.6. The molecule has 0 fully saturated rings. The van der Waals surface area contributed by atoms with Crippen LogP contribution in [0.3, 0.4) is 0 Å². The van der Waals surface area contributed by atoms with Gasteiger partial charge in [0.2, 0.25) is 5.91 Å². The third-order valence-electron chi connectivity index (χ3n) is 3.78. The van der Waals surface area contributed by atoms with Gasteiger partial charge in [0.25, 0.3) is 5.91 Å². The lowest BCUT2D eigenvalue weighted by atomic mass is 10.1. The van der Waals surface area contributed by atoms with Crippen molar-refractivity contribution >= 4 is 17.5 Å². The number of halogens is 3. The Morgan fingerprint density at radius 3 is 2.36 bits per heavy atom. The lowest BCUT2D eigenvalue weighted by Crippen LogP contribution is -2.39. The zero-order valence-electron chi connectivity index (χ0n) is 14.8. The van der Waals surface area contributed by atoms with Gasteiger partial charge in [0.15, 0.2) is 0 Å². The SMILES string of the molecule is Cc1ccc(C(=O)NCC(F)(F)F)cc1NCC(=O)NC(C)C(C)C. The van der Waals surface area contributed by atoms with E-state index >= 15 is 0 Å². The molecule has 0 aliphatic heterocycles. The third-order valence-corrected chi connectivity index (χ3v) is 3.78. The van der Waals surface area contributed by atoms with Gasteiger partial charge in [-0.25, -0.2) is 0 Å². The van der Waals surface area contributed by atoms with Crippen LogP contribution < -0.4 is 16.0 Å². The largest absolute Gasteiger partial charge is 0.405 e. The molecule has 0 aliphatic carbocycles. The van der Waals surface area contributed by atoms with Crippen LogP contribution in [0.4, 0.5) is 18.9 Å². The maximum atomic E-state index is 12.2. The predicted molar refractivity (Wildman–Crippen MR) is 90.5 cm³/mol. The van der Waals surface area contributed by atoms with E-state index in [4.69, 9.17) is 0 Å². The predicted octanol–water partition coefficient (Wildman–Crippen LogP) is 2.86. The molecule has 0 aromatic heterocycles. The summed E-state index contributed by atoms with van der Waals surface area (Å²) < 4.78 is 36.5. The number of anilines is 1. The average Bonchev–Trinajstić information content (AvgIpc) is 2.50. The number of nitrogens with one attached hydrogen (secondary N) is 3. The molecule has 2 amide bonds. The fourth-order valence-electron chi connectivity index (χ4n) is 1.88. The molecular formula is C17H24F3N3O2. The summed E-state index contributed by atoms with van der Waals surface area (Å²) >= 11 is 0. The van der Waals surface area contributed by atoms with Crippen molar-refractivity contribution in [2.24, 2.45) is 5.92 Å². The summed E-state index contributed by atoms with van der Waals surface area (Å²) in [6.07, 6.45) is -4.47. The van der Waals surface area contributed by atoms with Crippen LogP contribution >= 0.6 is 0 Å². The van der Waals surface area contributed by atoms with Crippen LogP contribution in [-0.4, -0.2) is 37.1 Å². The van der Waals surface area contributed by atoms with Crippen molar-refractivity contribution in [3.8, 4) is 0 Å². The van der Waals surface area contributed by atoms with Crippen molar-refractivity contribution in [1.29, 1.82) is 0 Å². The van der Waals surface area contributed by atoms with E-state index in [1.165, 1.54) is 12.1 Å². The number of carbonyl (C=O) groups is 2. The van der Waals surface area contributed by atoms with Crippen LogP contribution in [0.2, 0.25) is 0 Å². The molecule has 0 radical (unpaired) electrons. The van der Waals surface area contributed by atoms with Crippen molar-refractivity contribution in [2.45, 2.75) is 39.9 Å². The van der Waals surface area contributed by atoms with Gasteiger partial charge in [0.05, 0.1) is 6.54 Å². The van der Waals surface area contributed by atoms with E-state index in [-0.39, 0.29) is 24.1 Å². The van der Waals surface area contributed by atoms with E-state index in [0.717, 1.165) is 5.56 Å². The first-order chi connectivity index (χ1) is 11.5. The summed E-state index contributed by atoms with van der Waals surface area (Å²) in [5.41, 5.74) is 1.39. The minimum atomic E-state index is -4.47. The zero-order valence-corrected chi connectivity index (χ0v) is 14.8. The highest BCUT2D eigenvalue weighted by Crippen LogP contribution is 2.18. The van der Waals surface area contributed by atoms with E-state index in [1.807, 2.05) is 26.1 Å². The van der Waals surface area contributed by atoms with Crippen molar-refractivity contribution < 1.29 is 22.8 Å². The second-order valence-electron chi connectivity index (χ2n) is 6.28. The Balaban J connectivity index is 2.69. The molecular weight excluding hydrogens is 335 g/mol. The van der Waals surface area contributed by atoms with Gasteiger partial charge in [-0.3, -0.25) is 9.59 Å². The summed E-state index contributed by atoms with van der Waals surface area (Å²) in [6.45, 7) is 6.27. The number of carbonyl (C=O) groups excluding carboxylic acids is 2. The van der Waals surface area contributed by atoms with Crippen LogP contribution in [0.1, 0.15) is 36.7 Å². The van der Waals surface area contributed by atoms with E-state index in [2.05, 4.69) is 10.6 Å². The van der Waals surface area contributed by atoms with Gasteiger partial charge in [0.1, 0.15) is 6.54 Å². The molecule has 1 unspecified atom stereocenters. The molecule has 0 spiro atoms. The van der Waals surface area contributed by atoms with Gasteiger partial charge in [-0.1, -0.05) is 19.9 Å². The second kappa shape index (κ2) is 8.73. The monoisotopic (exact) mass is 359 g/mol. The van der Waals surface area contributed by atoms with Crippen LogP contribution in [0.25, 0.3) is 0 Å². The molecule has 1 aromatic rings. The molecule has 0 aliphatic rings. The minimum absolute atomic E-state index is 0.00548. The second-order valence-corrected chi connectivity index (χ2v) is 6.28. The summed E-state index contributed by atoms with van der Waals surface area (Å²) in [7, 11) is 0. The highest BCUT2D eigenvalue weighted by atomic mass is 19.4. The number of hydrogen-bond acceptors (Lipinski definition) is 3. The standard InChI is InChI=1S/C17H24F3N3O2/c1-10(2)12(4)23-15(24)8-21-14-7-13(6-5-11(14)3)16(25)22-9-17(18,19)20/h5-7,10,12,21H,8-9H2,1-4H3,(H,22,25)(H,23,24). The summed E-state index contributed by atoms with van der Waals surface area (Å²) in [5, 5.41) is 7.57. The topological polar surface area (TPSA) is 70.2 Å². The number of rotatable bonds is 7. The van der Waals surface area contributed by atoms with Gasteiger partial charge < -0.3 is 16.0 Å². The average molecular weight is 359 g/mol. The molecule has 140 valence electrons. The molecule has 0 saturated carbocycles. The Morgan fingerprint density at radius 2 is 1.80 bits per heavy atom. The molecule has 0 bridgehead atoms. The highest BCUT2D eigenvalue weighted by molar-refractivity contribution is 5.95. The molecule has 3 N–H and O–H groups in total. The maximum Gasteiger partial charge on any atom is 0.405 e. The summed E-state index contributed by atoms with van der Waals surface area (Å²) in [4.78, 5) is 23.7. The van der Waals surface area contributed by atoms with Crippen molar-refractivity contribution in [3.63, 3.8) is 0 Å². The number of amides is 2. The maximum absolute atomic E-state index is 12.2. The molecule has 1 atom stereocenters. The number of benzene rings is 1. The third kappa shape index (κ3) is 7.45. The molecule has 0 heterocycles. The zero-order chi connectivity index (χ0) is 19.2. The molecule has 8 heteroatoms. The molecule has 25 heavy (non-hydrogen) atoms. The van der Waals surface area contributed by atoms with Gasteiger partial charge in [-0.15, -0.1) is 0 Å². The minimum Gasteiger partial charge on any atom is -0.376 e. The van der Waals surface area contributed by atoms with Gasteiger partial charge in [-0.05, 0) is 37.5 Å². The first-order valence-electron chi connectivity index (χ1n) is 7.98. The summed E-state index contributed by atoms with van der Waals surface area (Å²) in [6, 6.07) is 4.50. The Morgan fingerprint density at radius 1 is 1.16 bits per heavy atom. The van der Waals surface area contributed by atoms with Crippen molar-refractivity contribution in [3.05, 3.63) is 29.3 Å². The number of hydrogen-bond donors (Lipinski definition) is 3. The van der Waals surface area contributed by atoms with Crippen LogP contribution in [0, 0.1) is 12.8 Å². The lowest BCUT2D eigenvalue weighted by molar-refractivity contribution is -0.123. The quantitative estimate of drug-likeness (QED) is 0.701. The van der Waals surface area contributed by atoms with Crippen LogP contribution in [-0.2, 0) is 4.79 Å². The number of alkyl halides is 3. The molecule has 5 nitrogen and oxygen atoms in total. The summed E-state index contributed by atoms with van der Waals surface area (Å²) in [5.74, 6) is -0.725. The fraction of sp³-hybridized carbons (Fsp3) is 0.529. The van der Waals surface area contributed by atoms with E-state index < -0.39 is 18.6 Å². The first-order valence-corrected chi connectivity index (χ1v) is 7.98. The smallest absolute Gasteiger partial charge is 0.376 e. The van der Waals surface area contributed by atoms with Gasteiger partial charge in [-0.2, -0.15) is 13.2 Å². The van der Waals surface area contributed by atoms with Crippen LogP contribution in [0.15, 0.2) is 18.2 Å². The first kappa shape index (κ1) is 20.8.